The van der Waals surface area contributed by atoms with Gasteiger partial charge in [-0.2, -0.15) is 30.6 Å². The van der Waals surface area contributed by atoms with Gasteiger partial charge in [0.1, 0.15) is 4.90 Å². The summed E-state index contributed by atoms with van der Waals surface area (Å²) < 4.78 is 107. The van der Waals surface area contributed by atoms with Crippen molar-refractivity contribution in [3.05, 3.63) is 23.8 Å². The van der Waals surface area contributed by atoms with Crippen molar-refractivity contribution >= 4 is 27.6 Å². The first-order valence-electron chi connectivity index (χ1n) is 15.8. The van der Waals surface area contributed by atoms with Gasteiger partial charge >= 0.3 is 18.3 Å². The maximum Gasteiger partial charge on any atom is 0.490 e. The van der Waals surface area contributed by atoms with E-state index in [1.54, 1.807) is 0 Å². The molecule has 0 spiro atoms. The summed E-state index contributed by atoms with van der Waals surface area (Å²) in [7, 11) is -4.20. The molecule has 3 fully saturated rings. The second kappa shape index (κ2) is 16.7. The summed E-state index contributed by atoms with van der Waals surface area (Å²) in [6.45, 7) is 9.66. The molecule has 0 aliphatic carbocycles. The van der Waals surface area contributed by atoms with Crippen molar-refractivity contribution in [3.8, 4) is 0 Å². The summed E-state index contributed by atoms with van der Waals surface area (Å²) >= 11 is 0. The van der Waals surface area contributed by atoms with Crippen LogP contribution >= 0.6 is 0 Å². The molecule has 0 bridgehead atoms. The summed E-state index contributed by atoms with van der Waals surface area (Å²) in [6, 6.07) is 3.11. The van der Waals surface area contributed by atoms with E-state index in [1.165, 1.54) is 10.4 Å². The number of rotatable bonds is 9. The van der Waals surface area contributed by atoms with Gasteiger partial charge in [-0.1, -0.05) is 6.92 Å². The summed E-state index contributed by atoms with van der Waals surface area (Å²) in [5, 5.41) is 10.1. The van der Waals surface area contributed by atoms with Gasteiger partial charge in [0, 0.05) is 51.2 Å². The van der Waals surface area contributed by atoms with Gasteiger partial charge < -0.3 is 20.1 Å². The zero-order chi connectivity index (χ0) is 35.0. The van der Waals surface area contributed by atoms with Crippen LogP contribution in [-0.2, 0) is 30.5 Å². The molecule has 1 aromatic carbocycles. The number of nitrogens with zero attached hydrogens (tertiary/aromatic N) is 3. The second-order valence-corrected chi connectivity index (χ2v) is 14.1. The van der Waals surface area contributed by atoms with Crippen molar-refractivity contribution in [2.24, 2.45) is 11.8 Å². The number of sulfonamides is 1. The van der Waals surface area contributed by atoms with Crippen LogP contribution in [0.3, 0.4) is 0 Å². The predicted octanol–water partition coefficient (Wildman–Crippen LogP) is 4.59. The van der Waals surface area contributed by atoms with Gasteiger partial charge in [-0.05, 0) is 76.1 Å². The third-order valence-corrected chi connectivity index (χ3v) is 10.8. The number of halogens is 6. The lowest BCUT2D eigenvalue weighted by Crippen LogP contribution is -2.45. The van der Waals surface area contributed by atoms with E-state index >= 15 is 0 Å². The molecule has 10 nitrogen and oxygen atoms in total. The number of morpholine rings is 1. The minimum atomic E-state index is -5.08. The first-order valence-corrected chi connectivity index (χ1v) is 17.2. The number of carbonyl (C=O) groups excluding carboxylic acids is 1. The van der Waals surface area contributed by atoms with Gasteiger partial charge in [-0.15, -0.1) is 0 Å². The quantitative estimate of drug-likeness (QED) is 0.359. The smallest absolute Gasteiger partial charge is 0.475 e. The van der Waals surface area contributed by atoms with Crippen molar-refractivity contribution in [2.45, 2.75) is 75.7 Å². The normalized spacial score (nSPS) is 20.3. The molecule has 1 atom stereocenters. The number of carboxylic acid groups (broad SMARTS) is 1. The molecule has 3 saturated heterocycles. The van der Waals surface area contributed by atoms with Gasteiger partial charge in [0.15, 0.2) is 0 Å². The molecule has 0 saturated carbocycles. The standard InChI is InChI=1S/C28H43F3N4O4S.C2HF3O2/c1-3-21(2)32-27(36)23-9-14-35(15-10-23)40(37,38)26-20-24(28(29,30)31)4-5-25(26)34-12-7-22(8-13-34)6-11-33-16-18-39-19-17-33;3-2(4,5)1(6)7/h4-5,20-23H,3,6-19H2,1-2H3,(H,32,36);(H,6,7). The Morgan fingerprint density at radius 3 is 2.06 bits per heavy atom. The van der Waals surface area contributed by atoms with Gasteiger partial charge in [0.2, 0.25) is 15.9 Å². The number of benzene rings is 1. The number of amides is 1. The van der Waals surface area contributed by atoms with E-state index in [0.717, 1.165) is 70.7 Å². The van der Waals surface area contributed by atoms with Gasteiger partial charge in [0.25, 0.3) is 0 Å². The van der Waals surface area contributed by atoms with Gasteiger partial charge in [-0.3, -0.25) is 9.69 Å². The number of ether oxygens (including phenoxy) is 1. The number of anilines is 1. The van der Waals surface area contributed by atoms with E-state index in [-0.39, 0.29) is 35.9 Å². The SMILES string of the molecule is CCC(C)NC(=O)C1CCN(S(=O)(=O)c2cc(C(F)(F)F)ccc2N2CCC(CCN3CCOCC3)CC2)CC1.O=C(O)C(F)(F)F. The van der Waals surface area contributed by atoms with Crippen LogP contribution in [0.25, 0.3) is 0 Å². The lowest BCUT2D eigenvalue weighted by molar-refractivity contribution is -0.192. The van der Waals surface area contributed by atoms with Crippen LogP contribution in [0.1, 0.15) is 57.9 Å². The summed E-state index contributed by atoms with van der Waals surface area (Å²) in [5.74, 6) is -2.66. The van der Waals surface area contributed by atoms with Crippen LogP contribution in [0.4, 0.5) is 32.0 Å². The summed E-state index contributed by atoms with van der Waals surface area (Å²) in [4.78, 5) is 25.5. The van der Waals surface area contributed by atoms with Crippen LogP contribution < -0.4 is 10.2 Å². The van der Waals surface area contributed by atoms with Crippen LogP contribution in [0.2, 0.25) is 0 Å². The van der Waals surface area contributed by atoms with Crippen molar-refractivity contribution < 1.29 is 54.2 Å². The molecule has 0 aromatic heterocycles. The number of aliphatic carboxylic acids is 1. The monoisotopic (exact) mass is 702 g/mol. The van der Waals surface area contributed by atoms with E-state index in [1.807, 2.05) is 18.7 Å². The fourth-order valence-corrected chi connectivity index (χ4v) is 7.48. The molecule has 0 radical (unpaired) electrons. The number of hydrogen-bond donors (Lipinski definition) is 2. The molecule has 4 rings (SSSR count). The molecule has 3 aliphatic rings. The van der Waals surface area contributed by atoms with Crippen molar-refractivity contribution in [3.63, 3.8) is 0 Å². The number of hydrogen-bond acceptors (Lipinski definition) is 7. The average Bonchev–Trinajstić information content (AvgIpc) is 3.03. The minimum Gasteiger partial charge on any atom is -0.475 e. The van der Waals surface area contributed by atoms with E-state index in [2.05, 4.69) is 10.2 Å². The Balaban J connectivity index is 0.000000771. The lowest BCUT2D eigenvalue weighted by atomic mass is 9.93. The second-order valence-electron chi connectivity index (χ2n) is 12.2. The van der Waals surface area contributed by atoms with Gasteiger partial charge in [0.05, 0.1) is 24.5 Å². The van der Waals surface area contributed by atoms with Crippen LogP contribution in [0.15, 0.2) is 23.1 Å². The Morgan fingerprint density at radius 2 is 1.55 bits per heavy atom. The fourth-order valence-electron chi connectivity index (χ4n) is 5.77. The van der Waals surface area contributed by atoms with Crippen molar-refractivity contribution in [1.82, 2.24) is 14.5 Å². The molecular weight excluding hydrogens is 658 g/mol. The average molecular weight is 703 g/mol. The molecule has 1 unspecified atom stereocenters. The predicted molar refractivity (Wildman–Crippen MR) is 161 cm³/mol. The fraction of sp³-hybridized carbons (Fsp3) is 0.733. The number of nitrogens with one attached hydrogen (secondary N) is 1. The first kappa shape index (κ1) is 38.8. The molecule has 1 aromatic rings. The summed E-state index contributed by atoms with van der Waals surface area (Å²) in [6.07, 6.45) is -5.50. The highest BCUT2D eigenvalue weighted by Crippen LogP contribution is 2.38. The summed E-state index contributed by atoms with van der Waals surface area (Å²) in [5.41, 5.74) is -0.644. The van der Waals surface area contributed by atoms with Crippen LogP contribution in [0.5, 0.6) is 0 Å². The largest absolute Gasteiger partial charge is 0.490 e. The number of alkyl halides is 6. The number of carboxylic acids is 1. The van der Waals surface area contributed by atoms with Crippen molar-refractivity contribution in [1.29, 1.82) is 0 Å². The Morgan fingerprint density at radius 1 is 0.979 bits per heavy atom. The third-order valence-electron chi connectivity index (χ3n) is 8.89. The zero-order valence-corrected chi connectivity index (χ0v) is 27.4. The molecule has 2 N–H and O–H groups in total. The highest BCUT2D eigenvalue weighted by molar-refractivity contribution is 7.89. The topological polar surface area (TPSA) is 119 Å². The maximum atomic E-state index is 13.8. The molecule has 47 heavy (non-hydrogen) atoms. The molecular formula is C30H44F6N4O6S. The van der Waals surface area contributed by atoms with E-state index in [9.17, 15) is 39.6 Å². The Labute approximate surface area is 271 Å². The molecule has 3 heterocycles. The van der Waals surface area contributed by atoms with E-state index in [4.69, 9.17) is 14.6 Å². The van der Waals surface area contributed by atoms with Crippen LogP contribution in [0, 0.1) is 11.8 Å². The minimum absolute atomic E-state index is 0.0328. The third kappa shape index (κ3) is 11.2. The van der Waals surface area contributed by atoms with E-state index in [0.29, 0.717) is 37.5 Å². The molecule has 268 valence electrons. The molecule has 17 heteroatoms. The number of piperidine rings is 2. The first-order chi connectivity index (χ1) is 21.9. The maximum absolute atomic E-state index is 13.8. The highest BCUT2D eigenvalue weighted by Gasteiger charge is 2.39. The van der Waals surface area contributed by atoms with E-state index < -0.39 is 33.9 Å². The van der Waals surface area contributed by atoms with Gasteiger partial charge in [-0.25, -0.2) is 13.2 Å². The van der Waals surface area contributed by atoms with Crippen molar-refractivity contribution in [2.75, 3.05) is 63.9 Å². The highest BCUT2D eigenvalue weighted by atomic mass is 32.2. The molecule has 3 aliphatic heterocycles. The zero-order valence-electron chi connectivity index (χ0n) is 26.6. The Hall–Kier alpha value is -2.63. The Bertz CT molecular complexity index is 1290. The Kier molecular flexibility index (Phi) is 13.8. The number of carbonyl (C=O) groups is 2. The molecule has 1 amide bonds. The lowest BCUT2D eigenvalue weighted by Gasteiger charge is -2.37. The van der Waals surface area contributed by atoms with Crippen LogP contribution in [-0.4, -0.2) is 106 Å².